The van der Waals surface area contributed by atoms with E-state index in [4.69, 9.17) is 4.42 Å². The van der Waals surface area contributed by atoms with Crippen LogP contribution in [0.25, 0.3) is 44.3 Å². The molecule has 0 fully saturated rings. The fourth-order valence-corrected chi connectivity index (χ4v) is 3.44. The first-order valence-electron chi connectivity index (χ1n) is 8.43. The van der Waals surface area contributed by atoms with Crippen molar-refractivity contribution in [1.82, 2.24) is 4.98 Å². The predicted molar refractivity (Wildman–Crippen MR) is 102 cm³/mol. The first-order valence-corrected chi connectivity index (χ1v) is 8.43. The molecule has 5 rings (SSSR count). The van der Waals surface area contributed by atoms with Crippen LogP contribution in [-0.4, -0.2) is 4.98 Å². The lowest BCUT2D eigenvalue weighted by Gasteiger charge is -2.04. The molecule has 5 aromatic rings. The van der Waals surface area contributed by atoms with Gasteiger partial charge in [0.05, 0.1) is 11.3 Å². The third-order valence-corrected chi connectivity index (χ3v) is 4.62. The molecule has 0 aliphatic heterocycles. The number of pyridine rings is 1. The average molecular weight is 339 g/mol. The summed E-state index contributed by atoms with van der Waals surface area (Å²) in [7, 11) is 0. The van der Waals surface area contributed by atoms with Crippen molar-refractivity contribution in [1.29, 1.82) is 0 Å². The summed E-state index contributed by atoms with van der Waals surface area (Å²) in [6.45, 7) is 0. The minimum Gasteiger partial charge on any atom is -0.455 e. The van der Waals surface area contributed by atoms with E-state index >= 15 is 0 Å². The van der Waals surface area contributed by atoms with Crippen molar-refractivity contribution in [3.63, 3.8) is 0 Å². The fourth-order valence-electron chi connectivity index (χ4n) is 3.44. The standard InChI is InChI=1S/C23H14FNO/c24-19-13-12-17-16-9-6-10-18(20-11-4-5-14-25-20)22(16)26-23(17)21(19)15-7-2-1-3-8-15/h1-14H. The van der Waals surface area contributed by atoms with Crippen LogP contribution in [0.1, 0.15) is 0 Å². The maximum absolute atomic E-state index is 14.7. The van der Waals surface area contributed by atoms with Gasteiger partial charge in [-0.25, -0.2) is 4.39 Å². The number of rotatable bonds is 2. The molecule has 0 radical (unpaired) electrons. The van der Waals surface area contributed by atoms with E-state index in [2.05, 4.69) is 4.98 Å². The van der Waals surface area contributed by atoms with E-state index in [-0.39, 0.29) is 5.82 Å². The summed E-state index contributed by atoms with van der Waals surface area (Å²) in [5, 5.41) is 1.86. The molecular formula is C23H14FNO. The number of hydrogen-bond acceptors (Lipinski definition) is 2. The van der Waals surface area contributed by atoms with Gasteiger partial charge in [-0.3, -0.25) is 4.98 Å². The van der Waals surface area contributed by atoms with E-state index in [1.165, 1.54) is 6.07 Å². The normalized spacial score (nSPS) is 11.3. The van der Waals surface area contributed by atoms with Gasteiger partial charge in [0.2, 0.25) is 0 Å². The van der Waals surface area contributed by atoms with Crippen molar-refractivity contribution in [2.24, 2.45) is 0 Å². The molecule has 2 heterocycles. The van der Waals surface area contributed by atoms with E-state index in [1.54, 1.807) is 12.3 Å². The molecule has 3 aromatic carbocycles. The molecule has 0 N–H and O–H groups in total. The summed E-state index contributed by atoms with van der Waals surface area (Å²) in [5.41, 5.74) is 4.32. The summed E-state index contributed by atoms with van der Waals surface area (Å²) in [6.07, 6.45) is 1.76. The molecule has 124 valence electrons. The van der Waals surface area contributed by atoms with Crippen LogP contribution in [0.5, 0.6) is 0 Å². The molecule has 0 amide bonds. The third-order valence-electron chi connectivity index (χ3n) is 4.62. The molecule has 26 heavy (non-hydrogen) atoms. The van der Waals surface area contributed by atoms with Crippen LogP contribution in [0, 0.1) is 5.82 Å². The third kappa shape index (κ3) is 2.21. The highest BCUT2D eigenvalue weighted by molar-refractivity contribution is 6.12. The Hall–Kier alpha value is -3.46. The van der Waals surface area contributed by atoms with Gasteiger partial charge in [-0.15, -0.1) is 0 Å². The Morgan fingerprint density at radius 3 is 2.31 bits per heavy atom. The average Bonchev–Trinajstić information content (AvgIpc) is 3.07. The summed E-state index contributed by atoms with van der Waals surface area (Å²) in [4.78, 5) is 4.43. The number of aromatic nitrogens is 1. The van der Waals surface area contributed by atoms with E-state index < -0.39 is 0 Å². The van der Waals surface area contributed by atoms with Crippen LogP contribution in [0.4, 0.5) is 4.39 Å². The van der Waals surface area contributed by atoms with Crippen LogP contribution in [-0.2, 0) is 0 Å². The zero-order valence-electron chi connectivity index (χ0n) is 13.8. The predicted octanol–water partition coefficient (Wildman–Crippen LogP) is 6.45. The second-order valence-electron chi connectivity index (χ2n) is 6.16. The highest BCUT2D eigenvalue weighted by Crippen LogP contribution is 2.40. The number of halogens is 1. The van der Waals surface area contributed by atoms with Gasteiger partial charge in [0.25, 0.3) is 0 Å². The van der Waals surface area contributed by atoms with Crippen molar-refractivity contribution in [3.8, 4) is 22.4 Å². The van der Waals surface area contributed by atoms with Crippen LogP contribution in [0.15, 0.2) is 89.5 Å². The van der Waals surface area contributed by atoms with Gasteiger partial charge in [-0.05, 0) is 35.9 Å². The second-order valence-corrected chi connectivity index (χ2v) is 6.16. The van der Waals surface area contributed by atoms with Crippen molar-refractivity contribution >= 4 is 21.9 Å². The van der Waals surface area contributed by atoms with Gasteiger partial charge in [0.15, 0.2) is 0 Å². The molecule has 2 aromatic heterocycles. The molecule has 0 saturated carbocycles. The Labute approximate surface area is 149 Å². The van der Waals surface area contributed by atoms with Gasteiger partial charge < -0.3 is 4.42 Å². The number of furan rings is 1. The topological polar surface area (TPSA) is 26.0 Å². The molecule has 0 bridgehead atoms. The Kier molecular flexibility index (Phi) is 3.32. The van der Waals surface area contributed by atoms with Crippen molar-refractivity contribution in [3.05, 3.63) is 90.9 Å². The Balaban J connectivity index is 1.88. The number of nitrogens with zero attached hydrogens (tertiary/aromatic N) is 1. The smallest absolute Gasteiger partial charge is 0.146 e. The zero-order valence-corrected chi connectivity index (χ0v) is 13.8. The van der Waals surface area contributed by atoms with Crippen molar-refractivity contribution in [2.45, 2.75) is 0 Å². The Bertz CT molecular complexity index is 1230. The largest absolute Gasteiger partial charge is 0.455 e. The van der Waals surface area contributed by atoms with E-state index in [0.29, 0.717) is 11.1 Å². The van der Waals surface area contributed by atoms with Crippen LogP contribution >= 0.6 is 0 Å². The number of para-hydroxylation sites is 1. The van der Waals surface area contributed by atoms with E-state index in [0.717, 1.165) is 33.2 Å². The van der Waals surface area contributed by atoms with Crippen LogP contribution in [0.3, 0.4) is 0 Å². The van der Waals surface area contributed by atoms with Gasteiger partial charge in [-0.1, -0.05) is 48.5 Å². The lowest BCUT2D eigenvalue weighted by Crippen LogP contribution is -1.84. The molecular weight excluding hydrogens is 325 g/mol. The maximum atomic E-state index is 14.7. The summed E-state index contributed by atoms with van der Waals surface area (Å²) >= 11 is 0. The molecule has 0 atom stereocenters. The van der Waals surface area contributed by atoms with Crippen LogP contribution in [0.2, 0.25) is 0 Å². The van der Waals surface area contributed by atoms with Gasteiger partial charge in [-0.2, -0.15) is 0 Å². The number of hydrogen-bond donors (Lipinski definition) is 0. The first kappa shape index (κ1) is 14.8. The van der Waals surface area contributed by atoms with Crippen LogP contribution < -0.4 is 0 Å². The second kappa shape index (κ2) is 5.81. The zero-order chi connectivity index (χ0) is 17.5. The molecule has 2 nitrogen and oxygen atoms in total. The van der Waals surface area contributed by atoms with Crippen molar-refractivity contribution in [2.75, 3.05) is 0 Å². The number of benzene rings is 3. The maximum Gasteiger partial charge on any atom is 0.146 e. The molecule has 3 heteroatoms. The lowest BCUT2D eigenvalue weighted by atomic mass is 10.0. The van der Waals surface area contributed by atoms with Gasteiger partial charge in [0.1, 0.15) is 17.0 Å². The minimum absolute atomic E-state index is 0.290. The molecule has 0 saturated heterocycles. The van der Waals surface area contributed by atoms with E-state index in [9.17, 15) is 4.39 Å². The summed E-state index contributed by atoms with van der Waals surface area (Å²) in [6, 6.07) is 24.5. The molecule has 0 unspecified atom stereocenters. The Morgan fingerprint density at radius 2 is 1.50 bits per heavy atom. The van der Waals surface area contributed by atoms with Crippen molar-refractivity contribution < 1.29 is 8.81 Å². The molecule has 0 spiro atoms. The molecule has 0 aliphatic carbocycles. The SMILES string of the molecule is Fc1ccc2c(oc3c(-c4ccccn4)cccc32)c1-c1ccccc1. The van der Waals surface area contributed by atoms with Gasteiger partial charge in [0, 0.05) is 22.5 Å². The highest BCUT2D eigenvalue weighted by Gasteiger charge is 2.18. The highest BCUT2D eigenvalue weighted by atomic mass is 19.1. The summed E-state index contributed by atoms with van der Waals surface area (Å²) in [5.74, 6) is -0.290. The first-order chi connectivity index (χ1) is 12.8. The van der Waals surface area contributed by atoms with E-state index in [1.807, 2.05) is 66.7 Å². The Morgan fingerprint density at radius 1 is 0.692 bits per heavy atom. The van der Waals surface area contributed by atoms with Gasteiger partial charge >= 0.3 is 0 Å². The monoisotopic (exact) mass is 339 g/mol. The fraction of sp³-hybridized carbons (Fsp3) is 0. The quantitative estimate of drug-likeness (QED) is 0.369. The summed E-state index contributed by atoms with van der Waals surface area (Å²) < 4.78 is 20.9. The number of fused-ring (bicyclic) bond motifs is 3. The molecule has 0 aliphatic rings. The lowest BCUT2D eigenvalue weighted by molar-refractivity contribution is 0.622. The minimum atomic E-state index is -0.290.